The van der Waals surface area contributed by atoms with E-state index in [4.69, 9.17) is 11.5 Å². The van der Waals surface area contributed by atoms with Gasteiger partial charge in [0.25, 0.3) is 5.91 Å². The van der Waals surface area contributed by atoms with Crippen molar-refractivity contribution < 1.29 is 4.79 Å². The molecule has 1 aromatic heterocycles. The predicted octanol–water partition coefficient (Wildman–Crippen LogP) is 1.80. The maximum absolute atomic E-state index is 11.3. The minimum Gasteiger partial charge on any atom is -0.397 e. The summed E-state index contributed by atoms with van der Waals surface area (Å²) in [4.78, 5) is 15.5. The summed E-state index contributed by atoms with van der Waals surface area (Å²) in [7, 11) is 0. The summed E-state index contributed by atoms with van der Waals surface area (Å²) in [6.07, 6.45) is 6.48. The van der Waals surface area contributed by atoms with Gasteiger partial charge in [-0.05, 0) is 18.9 Å². The fraction of sp³-hybridized carbons (Fsp3) is 0.455. The number of aromatic nitrogens is 1. The van der Waals surface area contributed by atoms with Gasteiger partial charge in [-0.3, -0.25) is 4.79 Å². The molecule has 1 fully saturated rings. The van der Waals surface area contributed by atoms with Crippen molar-refractivity contribution in [3.8, 4) is 0 Å². The Morgan fingerprint density at radius 1 is 1.44 bits per heavy atom. The second-order valence-corrected chi connectivity index (χ2v) is 5.30. The summed E-state index contributed by atoms with van der Waals surface area (Å²) in [6, 6.07) is 1.60. The highest BCUT2D eigenvalue weighted by molar-refractivity contribution is 7.99. The van der Waals surface area contributed by atoms with Gasteiger partial charge in [0.05, 0.1) is 17.4 Å². The number of hydrogen-bond acceptors (Lipinski definition) is 4. The molecule has 0 saturated heterocycles. The number of thioether (sulfide) groups is 1. The van der Waals surface area contributed by atoms with E-state index < -0.39 is 5.91 Å². The number of nitrogens with zero attached hydrogens (tertiary/aromatic N) is 1. The zero-order valence-electron chi connectivity index (χ0n) is 8.98. The van der Waals surface area contributed by atoms with Gasteiger partial charge in [0.15, 0.2) is 0 Å². The van der Waals surface area contributed by atoms with Gasteiger partial charge in [-0.2, -0.15) is 0 Å². The number of anilines is 1. The van der Waals surface area contributed by atoms with Crippen LogP contribution in [0.15, 0.2) is 17.3 Å². The summed E-state index contributed by atoms with van der Waals surface area (Å²) < 4.78 is 0. The van der Waals surface area contributed by atoms with Crippen molar-refractivity contribution >= 4 is 23.4 Å². The molecule has 0 spiro atoms. The van der Waals surface area contributed by atoms with Crippen molar-refractivity contribution in [2.75, 3.05) is 5.73 Å². The topological polar surface area (TPSA) is 82.0 Å². The lowest BCUT2D eigenvalue weighted by Crippen LogP contribution is -2.14. The van der Waals surface area contributed by atoms with Gasteiger partial charge < -0.3 is 11.5 Å². The zero-order valence-corrected chi connectivity index (χ0v) is 9.80. The molecule has 4 N–H and O–H groups in total. The van der Waals surface area contributed by atoms with E-state index in [1.54, 1.807) is 24.0 Å². The van der Waals surface area contributed by atoms with Crippen LogP contribution in [-0.2, 0) is 0 Å². The van der Waals surface area contributed by atoms with Crippen LogP contribution in [0.5, 0.6) is 0 Å². The summed E-state index contributed by atoms with van der Waals surface area (Å²) in [6.45, 7) is 0. The maximum atomic E-state index is 11.3. The molecule has 4 nitrogen and oxygen atoms in total. The molecule has 2 rings (SSSR count). The van der Waals surface area contributed by atoms with Crippen LogP contribution in [0, 0.1) is 0 Å². The molecule has 0 radical (unpaired) electrons. The lowest BCUT2D eigenvalue weighted by molar-refractivity contribution is 0.0997. The normalized spacial score (nSPS) is 16.5. The van der Waals surface area contributed by atoms with E-state index in [1.807, 2.05) is 0 Å². The number of rotatable bonds is 3. The molecule has 1 amide bonds. The summed E-state index contributed by atoms with van der Waals surface area (Å²) in [5.74, 6) is -0.458. The first-order valence-corrected chi connectivity index (χ1v) is 6.27. The van der Waals surface area contributed by atoms with Crippen molar-refractivity contribution in [3.63, 3.8) is 0 Å². The van der Waals surface area contributed by atoms with E-state index in [9.17, 15) is 4.79 Å². The van der Waals surface area contributed by atoms with Crippen LogP contribution in [0.2, 0.25) is 0 Å². The van der Waals surface area contributed by atoms with Gasteiger partial charge in [0.1, 0.15) is 5.03 Å². The average molecular weight is 237 g/mol. The van der Waals surface area contributed by atoms with E-state index in [1.165, 1.54) is 25.7 Å². The van der Waals surface area contributed by atoms with Crippen molar-refractivity contribution in [3.05, 3.63) is 17.8 Å². The molecular weight excluding hydrogens is 222 g/mol. The Morgan fingerprint density at radius 2 is 2.12 bits per heavy atom. The molecule has 1 heterocycles. The number of nitrogens with two attached hydrogens (primary N) is 2. The van der Waals surface area contributed by atoms with Crippen LogP contribution in [-0.4, -0.2) is 16.1 Å². The fourth-order valence-electron chi connectivity index (χ4n) is 1.90. The first-order chi connectivity index (χ1) is 7.66. The molecule has 1 aliphatic carbocycles. The van der Waals surface area contributed by atoms with Crippen LogP contribution < -0.4 is 11.5 Å². The average Bonchev–Trinajstić information content (AvgIpc) is 2.73. The molecule has 0 aromatic carbocycles. The highest BCUT2D eigenvalue weighted by Gasteiger charge is 2.20. The molecule has 0 bridgehead atoms. The third-order valence-corrected chi connectivity index (χ3v) is 4.07. The Morgan fingerprint density at radius 3 is 2.75 bits per heavy atom. The standard InChI is InChI=1S/C11H15N3OS/c12-7-5-9(10(13)15)11(14-6-7)16-8-3-1-2-4-8/h5-6,8H,1-4,12H2,(H2,13,15). The lowest BCUT2D eigenvalue weighted by atomic mass is 10.2. The van der Waals surface area contributed by atoms with Gasteiger partial charge in [0, 0.05) is 5.25 Å². The van der Waals surface area contributed by atoms with Gasteiger partial charge >= 0.3 is 0 Å². The molecule has 0 aliphatic heterocycles. The molecule has 5 heteroatoms. The second kappa shape index (κ2) is 4.74. The van der Waals surface area contributed by atoms with Crippen molar-refractivity contribution in [2.45, 2.75) is 36.0 Å². The monoisotopic (exact) mass is 237 g/mol. The third-order valence-electron chi connectivity index (χ3n) is 2.72. The van der Waals surface area contributed by atoms with Crippen molar-refractivity contribution in [2.24, 2.45) is 5.73 Å². The summed E-state index contributed by atoms with van der Waals surface area (Å²) in [5, 5.41) is 1.28. The fourth-order valence-corrected chi connectivity index (χ4v) is 3.19. The minimum absolute atomic E-state index is 0.442. The van der Waals surface area contributed by atoms with Crippen LogP contribution in [0.25, 0.3) is 0 Å². The quantitative estimate of drug-likeness (QED) is 0.839. The second-order valence-electron chi connectivity index (χ2n) is 4.01. The molecule has 1 saturated carbocycles. The highest BCUT2D eigenvalue weighted by atomic mass is 32.2. The van der Waals surface area contributed by atoms with E-state index in [0.29, 0.717) is 21.5 Å². The van der Waals surface area contributed by atoms with E-state index >= 15 is 0 Å². The van der Waals surface area contributed by atoms with E-state index in [0.717, 1.165) is 0 Å². The number of nitrogen functional groups attached to an aromatic ring is 1. The first kappa shape index (κ1) is 11.3. The summed E-state index contributed by atoms with van der Waals surface area (Å²) >= 11 is 1.65. The number of primary amides is 1. The van der Waals surface area contributed by atoms with Crippen LogP contribution in [0.4, 0.5) is 5.69 Å². The van der Waals surface area contributed by atoms with Crippen molar-refractivity contribution in [1.29, 1.82) is 0 Å². The van der Waals surface area contributed by atoms with Gasteiger partial charge in [-0.15, -0.1) is 11.8 Å². The molecule has 1 aromatic rings. The Bertz CT molecular complexity index is 402. The number of pyridine rings is 1. The zero-order chi connectivity index (χ0) is 11.5. The number of hydrogen-bond donors (Lipinski definition) is 2. The van der Waals surface area contributed by atoms with Gasteiger partial charge in [-0.1, -0.05) is 12.8 Å². The van der Waals surface area contributed by atoms with Crippen LogP contribution >= 0.6 is 11.8 Å². The van der Waals surface area contributed by atoms with Crippen LogP contribution in [0.1, 0.15) is 36.0 Å². The number of carbonyl (C=O) groups is 1. The number of carbonyl (C=O) groups excluding carboxylic acids is 1. The lowest BCUT2D eigenvalue weighted by Gasteiger charge is -2.10. The molecule has 86 valence electrons. The van der Waals surface area contributed by atoms with E-state index in [2.05, 4.69) is 4.98 Å². The smallest absolute Gasteiger partial charge is 0.251 e. The predicted molar refractivity (Wildman–Crippen MR) is 65.3 cm³/mol. The SMILES string of the molecule is NC(=O)c1cc(N)cnc1SC1CCCC1. The Kier molecular flexibility index (Phi) is 3.33. The van der Waals surface area contributed by atoms with Crippen molar-refractivity contribution in [1.82, 2.24) is 4.98 Å². The molecule has 0 atom stereocenters. The molecule has 0 unspecified atom stereocenters. The third kappa shape index (κ3) is 2.47. The Hall–Kier alpha value is -1.23. The maximum Gasteiger partial charge on any atom is 0.251 e. The van der Waals surface area contributed by atoms with E-state index in [-0.39, 0.29) is 0 Å². The number of amides is 1. The Balaban J connectivity index is 2.21. The first-order valence-electron chi connectivity index (χ1n) is 5.39. The molecule has 16 heavy (non-hydrogen) atoms. The minimum atomic E-state index is -0.458. The van der Waals surface area contributed by atoms with Crippen LogP contribution in [0.3, 0.4) is 0 Å². The van der Waals surface area contributed by atoms with Gasteiger partial charge in [0.2, 0.25) is 0 Å². The summed E-state index contributed by atoms with van der Waals surface area (Å²) in [5.41, 5.74) is 11.8. The largest absolute Gasteiger partial charge is 0.397 e. The molecule has 1 aliphatic rings. The highest BCUT2D eigenvalue weighted by Crippen LogP contribution is 2.35. The molecular formula is C11H15N3OS. The Labute approximate surface area is 98.8 Å². The van der Waals surface area contributed by atoms with Gasteiger partial charge in [-0.25, -0.2) is 4.98 Å².